The van der Waals surface area contributed by atoms with Crippen molar-refractivity contribution >= 4 is 5.97 Å². The fraction of sp³-hybridized carbons (Fsp3) is 0.759. The standard InChI is InChI=1S/C29H52O3/c1-3-5-6-7-8-9-10-11-12-13-14-15-16-17-18-19-22-25-28(30)26-23-20-21-24-27-29(31)32-4-2/h8-9,11-12,20-21,28,30H,3-7,10,13-19,22-27H2,1-2H3/b9-8-,12-11-,21-20+. The van der Waals surface area contributed by atoms with Crippen LogP contribution in [0, 0.1) is 0 Å². The van der Waals surface area contributed by atoms with E-state index < -0.39 is 0 Å². The number of hydrogen-bond donors (Lipinski definition) is 1. The van der Waals surface area contributed by atoms with Crippen LogP contribution in [0.2, 0.25) is 0 Å². The SMILES string of the molecule is CCCCC/C=C\C/C=C\CCCCCCCCCC(O)CC/C=C/CCC(=O)OCC. The normalized spacial score (nSPS) is 13.0. The number of hydrogen-bond acceptors (Lipinski definition) is 3. The molecule has 0 aliphatic heterocycles. The van der Waals surface area contributed by atoms with Gasteiger partial charge in [0.15, 0.2) is 0 Å². The third-order valence-corrected chi connectivity index (χ3v) is 5.64. The Morgan fingerprint density at radius 1 is 0.688 bits per heavy atom. The van der Waals surface area contributed by atoms with Gasteiger partial charge in [-0.1, -0.05) is 94.7 Å². The van der Waals surface area contributed by atoms with Crippen molar-refractivity contribution in [3.63, 3.8) is 0 Å². The minimum absolute atomic E-state index is 0.134. The van der Waals surface area contributed by atoms with Gasteiger partial charge in [0.1, 0.15) is 0 Å². The second-order valence-electron chi connectivity index (χ2n) is 8.77. The van der Waals surface area contributed by atoms with Crippen molar-refractivity contribution in [2.45, 2.75) is 136 Å². The molecule has 0 saturated carbocycles. The van der Waals surface area contributed by atoms with Crippen molar-refractivity contribution in [2.75, 3.05) is 6.61 Å². The molecule has 3 nitrogen and oxygen atoms in total. The first-order valence-corrected chi connectivity index (χ1v) is 13.5. The van der Waals surface area contributed by atoms with Crippen LogP contribution in [-0.4, -0.2) is 23.8 Å². The topological polar surface area (TPSA) is 46.5 Å². The van der Waals surface area contributed by atoms with Gasteiger partial charge >= 0.3 is 5.97 Å². The molecular weight excluding hydrogens is 396 g/mol. The molecule has 0 radical (unpaired) electrons. The van der Waals surface area contributed by atoms with Gasteiger partial charge in [0, 0.05) is 6.42 Å². The molecule has 1 atom stereocenters. The van der Waals surface area contributed by atoms with E-state index in [2.05, 4.69) is 37.3 Å². The largest absolute Gasteiger partial charge is 0.466 e. The van der Waals surface area contributed by atoms with Crippen LogP contribution < -0.4 is 0 Å². The molecule has 1 N–H and O–H groups in total. The molecule has 0 fully saturated rings. The molecule has 0 spiro atoms. The zero-order valence-corrected chi connectivity index (χ0v) is 21.2. The zero-order chi connectivity index (χ0) is 23.5. The summed E-state index contributed by atoms with van der Waals surface area (Å²) in [4.78, 5) is 11.2. The molecule has 1 unspecified atom stereocenters. The molecule has 0 rings (SSSR count). The van der Waals surface area contributed by atoms with Gasteiger partial charge < -0.3 is 9.84 Å². The van der Waals surface area contributed by atoms with Gasteiger partial charge in [0.2, 0.25) is 0 Å². The molecule has 32 heavy (non-hydrogen) atoms. The number of ether oxygens (including phenoxy) is 1. The van der Waals surface area contributed by atoms with Crippen LogP contribution in [0.4, 0.5) is 0 Å². The maximum absolute atomic E-state index is 11.2. The minimum Gasteiger partial charge on any atom is -0.466 e. The smallest absolute Gasteiger partial charge is 0.306 e. The second-order valence-corrected chi connectivity index (χ2v) is 8.77. The van der Waals surface area contributed by atoms with Crippen molar-refractivity contribution in [1.29, 1.82) is 0 Å². The Kier molecular flexibility index (Phi) is 24.8. The zero-order valence-electron chi connectivity index (χ0n) is 21.2. The average molecular weight is 449 g/mol. The highest BCUT2D eigenvalue weighted by atomic mass is 16.5. The third kappa shape index (κ3) is 24.9. The first-order chi connectivity index (χ1) is 15.7. The van der Waals surface area contributed by atoms with Gasteiger partial charge in [-0.2, -0.15) is 0 Å². The molecular formula is C29H52O3. The van der Waals surface area contributed by atoms with E-state index in [0.29, 0.717) is 13.0 Å². The molecule has 0 amide bonds. The number of unbranched alkanes of at least 4 members (excludes halogenated alkanes) is 10. The molecule has 0 aromatic rings. The lowest BCUT2D eigenvalue weighted by atomic mass is 10.0. The molecule has 0 bridgehead atoms. The molecule has 3 heteroatoms. The number of rotatable bonds is 23. The fourth-order valence-electron chi connectivity index (χ4n) is 3.65. The van der Waals surface area contributed by atoms with E-state index in [0.717, 1.165) is 38.5 Å². The summed E-state index contributed by atoms with van der Waals surface area (Å²) in [5, 5.41) is 10.1. The van der Waals surface area contributed by atoms with Crippen molar-refractivity contribution in [3.05, 3.63) is 36.5 Å². The number of carbonyl (C=O) groups is 1. The summed E-state index contributed by atoms with van der Waals surface area (Å²) in [6.07, 6.45) is 33.4. The monoisotopic (exact) mass is 448 g/mol. The van der Waals surface area contributed by atoms with E-state index in [1.165, 1.54) is 70.6 Å². The Morgan fingerprint density at radius 2 is 1.25 bits per heavy atom. The van der Waals surface area contributed by atoms with Gasteiger partial charge in [-0.05, 0) is 64.7 Å². The van der Waals surface area contributed by atoms with Gasteiger partial charge in [-0.25, -0.2) is 0 Å². The highest BCUT2D eigenvalue weighted by molar-refractivity contribution is 5.69. The van der Waals surface area contributed by atoms with E-state index in [1.807, 2.05) is 13.0 Å². The van der Waals surface area contributed by atoms with Crippen LogP contribution in [0.1, 0.15) is 129 Å². The predicted octanol–water partition coefficient (Wildman–Crippen LogP) is 8.62. The summed E-state index contributed by atoms with van der Waals surface area (Å²) in [6, 6.07) is 0. The molecule has 0 aromatic carbocycles. The van der Waals surface area contributed by atoms with E-state index >= 15 is 0 Å². The van der Waals surface area contributed by atoms with Crippen LogP contribution in [-0.2, 0) is 9.53 Å². The number of aliphatic hydroxyl groups is 1. The quantitative estimate of drug-likeness (QED) is 0.0966. The van der Waals surface area contributed by atoms with Crippen molar-refractivity contribution in [3.8, 4) is 0 Å². The summed E-state index contributed by atoms with van der Waals surface area (Å²) < 4.78 is 4.89. The Hall–Kier alpha value is -1.35. The highest BCUT2D eigenvalue weighted by Gasteiger charge is 2.03. The van der Waals surface area contributed by atoms with Gasteiger partial charge in [-0.3, -0.25) is 4.79 Å². The summed E-state index contributed by atoms with van der Waals surface area (Å²) in [6.45, 7) is 4.52. The van der Waals surface area contributed by atoms with Crippen molar-refractivity contribution < 1.29 is 14.6 Å². The van der Waals surface area contributed by atoms with Gasteiger partial charge in [-0.15, -0.1) is 0 Å². The fourth-order valence-corrected chi connectivity index (χ4v) is 3.65. The van der Waals surface area contributed by atoms with Crippen LogP contribution in [0.3, 0.4) is 0 Å². The minimum atomic E-state index is -0.192. The van der Waals surface area contributed by atoms with Gasteiger partial charge in [0.05, 0.1) is 12.7 Å². The number of allylic oxidation sites excluding steroid dienone is 6. The first-order valence-electron chi connectivity index (χ1n) is 13.5. The van der Waals surface area contributed by atoms with Gasteiger partial charge in [0.25, 0.3) is 0 Å². The molecule has 0 aromatic heterocycles. The van der Waals surface area contributed by atoms with Crippen molar-refractivity contribution in [1.82, 2.24) is 0 Å². The van der Waals surface area contributed by atoms with Crippen LogP contribution in [0.5, 0.6) is 0 Å². The Balaban J connectivity index is 3.34. The van der Waals surface area contributed by atoms with Crippen LogP contribution >= 0.6 is 0 Å². The lowest BCUT2D eigenvalue weighted by molar-refractivity contribution is -0.143. The number of aliphatic hydroxyl groups excluding tert-OH is 1. The maximum Gasteiger partial charge on any atom is 0.306 e. The Labute approximate surface area is 199 Å². The molecule has 0 aliphatic rings. The average Bonchev–Trinajstić information content (AvgIpc) is 2.78. The third-order valence-electron chi connectivity index (χ3n) is 5.64. The van der Waals surface area contributed by atoms with Crippen LogP contribution in [0.15, 0.2) is 36.5 Å². The summed E-state index contributed by atoms with van der Waals surface area (Å²) in [5.41, 5.74) is 0. The molecule has 186 valence electrons. The lowest BCUT2D eigenvalue weighted by Crippen LogP contribution is -2.05. The summed E-state index contributed by atoms with van der Waals surface area (Å²) >= 11 is 0. The first kappa shape index (κ1) is 30.6. The van der Waals surface area contributed by atoms with Crippen LogP contribution in [0.25, 0.3) is 0 Å². The maximum atomic E-state index is 11.2. The summed E-state index contributed by atoms with van der Waals surface area (Å²) in [7, 11) is 0. The number of esters is 1. The molecule has 0 saturated heterocycles. The van der Waals surface area contributed by atoms with E-state index in [4.69, 9.17) is 4.74 Å². The second kappa shape index (κ2) is 25.9. The van der Waals surface area contributed by atoms with E-state index in [9.17, 15) is 9.90 Å². The summed E-state index contributed by atoms with van der Waals surface area (Å²) in [5.74, 6) is -0.134. The van der Waals surface area contributed by atoms with E-state index in [1.54, 1.807) is 0 Å². The molecule has 0 heterocycles. The highest BCUT2D eigenvalue weighted by Crippen LogP contribution is 2.13. The Bertz CT molecular complexity index is 479. The number of carbonyl (C=O) groups excluding carboxylic acids is 1. The predicted molar refractivity (Wildman–Crippen MR) is 139 cm³/mol. The molecule has 0 aliphatic carbocycles. The Morgan fingerprint density at radius 3 is 1.91 bits per heavy atom. The van der Waals surface area contributed by atoms with Crippen molar-refractivity contribution in [2.24, 2.45) is 0 Å². The van der Waals surface area contributed by atoms with E-state index in [-0.39, 0.29) is 12.1 Å². The lowest BCUT2D eigenvalue weighted by Gasteiger charge is -2.08.